The fraction of sp³-hybridized carbons (Fsp3) is 0.929. The molecule has 0 saturated carbocycles. The lowest BCUT2D eigenvalue weighted by Crippen LogP contribution is -2.29. The molecule has 0 aromatic carbocycles. The third kappa shape index (κ3) is 10.5. The Bertz CT molecular complexity index is 202. The summed E-state index contributed by atoms with van der Waals surface area (Å²) in [6.45, 7) is 10.5. The number of hydrogen-bond donors (Lipinski definition) is 0. The molecule has 0 aromatic heterocycles. The first-order chi connectivity index (χ1) is 7.93. The molecule has 0 aliphatic carbocycles. The van der Waals surface area contributed by atoms with Crippen molar-refractivity contribution in [1.29, 1.82) is 0 Å². The van der Waals surface area contributed by atoms with Gasteiger partial charge in [0, 0.05) is 12.5 Å². The Morgan fingerprint density at radius 2 is 1.76 bits per heavy atom. The van der Waals surface area contributed by atoms with Crippen LogP contribution in [0.5, 0.6) is 0 Å². The minimum Gasteiger partial charge on any atom is -0.379 e. The molecule has 17 heavy (non-hydrogen) atoms. The SMILES string of the molecule is CC(C)OCCCCCN(C)CC(=O)C(C)C. The van der Waals surface area contributed by atoms with Gasteiger partial charge in [-0.15, -0.1) is 0 Å². The monoisotopic (exact) mass is 243 g/mol. The average Bonchev–Trinajstić information content (AvgIpc) is 2.22. The number of hydrogen-bond acceptors (Lipinski definition) is 3. The van der Waals surface area contributed by atoms with Crippen molar-refractivity contribution >= 4 is 5.78 Å². The molecule has 0 heterocycles. The van der Waals surface area contributed by atoms with Crippen LogP contribution in [0.3, 0.4) is 0 Å². The van der Waals surface area contributed by atoms with Gasteiger partial charge in [0.25, 0.3) is 0 Å². The van der Waals surface area contributed by atoms with Crippen LogP contribution < -0.4 is 0 Å². The van der Waals surface area contributed by atoms with Crippen molar-refractivity contribution in [3.8, 4) is 0 Å². The molecule has 0 N–H and O–H groups in total. The Morgan fingerprint density at radius 1 is 1.12 bits per heavy atom. The largest absolute Gasteiger partial charge is 0.379 e. The second-order valence-corrected chi connectivity index (χ2v) is 5.34. The van der Waals surface area contributed by atoms with E-state index in [0.29, 0.717) is 18.4 Å². The van der Waals surface area contributed by atoms with Crippen LogP contribution in [0.2, 0.25) is 0 Å². The van der Waals surface area contributed by atoms with Crippen molar-refractivity contribution in [2.24, 2.45) is 5.92 Å². The first kappa shape index (κ1) is 16.6. The maximum Gasteiger partial charge on any atom is 0.149 e. The van der Waals surface area contributed by atoms with Crippen molar-refractivity contribution in [3.63, 3.8) is 0 Å². The summed E-state index contributed by atoms with van der Waals surface area (Å²) in [4.78, 5) is 13.6. The Morgan fingerprint density at radius 3 is 2.29 bits per heavy atom. The summed E-state index contributed by atoms with van der Waals surface area (Å²) < 4.78 is 5.48. The van der Waals surface area contributed by atoms with E-state index in [0.717, 1.165) is 26.0 Å². The molecule has 0 aliphatic heterocycles. The number of Topliss-reactive ketones (excluding diaryl/α,β-unsaturated/α-hetero) is 1. The Kier molecular flexibility index (Phi) is 9.37. The standard InChI is InChI=1S/C14H29NO2/c1-12(2)14(16)11-15(5)9-7-6-8-10-17-13(3)4/h12-13H,6-11H2,1-5H3. The lowest BCUT2D eigenvalue weighted by Gasteiger charge is -2.16. The van der Waals surface area contributed by atoms with Gasteiger partial charge in [-0.1, -0.05) is 13.8 Å². The molecule has 3 heteroatoms. The molecule has 0 aliphatic rings. The minimum absolute atomic E-state index is 0.150. The van der Waals surface area contributed by atoms with Crippen molar-refractivity contribution < 1.29 is 9.53 Å². The van der Waals surface area contributed by atoms with Gasteiger partial charge >= 0.3 is 0 Å². The predicted molar refractivity (Wildman–Crippen MR) is 72.3 cm³/mol. The summed E-state index contributed by atoms with van der Waals surface area (Å²) >= 11 is 0. The Labute approximate surface area is 107 Å². The number of ketones is 1. The van der Waals surface area contributed by atoms with Gasteiger partial charge in [-0.3, -0.25) is 9.69 Å². The van der Waals surface area contributed by atoms with Crippen LogP contribution in [0, 0.1) is 5.92 Å². The zero-order chi connectivity index (χ0) is 13.3. The lowest BCUT2D eigenvalue weighted by molar-refractivity contribution is -0.122. The van der Waals surface area contributed by atoms with Crippen LogP contribution in [0.15, 0.2) is 0 Å². The highest BCUT2D eigenvalue weighted by atomic mass is 16.5. The maximum absolute atomic E-state index is 11.5. The second kappa shape index (κ2) is 9.60. The van der Waals surface area contributed by atoms with E-state index in [1.165, 1.54) is 6.42 Å². The van der Waals surface area contributed by atoms with Crippen LogP contribution in [-0.2, 0) is 9.53 Å². The molecular weight excluding hydrogens is 214 g/mol. The van der Waals surface area contributed by atoms with Crippen LogP contribution in [0.25, 0.3) is 0 Å². The fourth-order valence-corrected chi connectivity index (χ4v) is 1.51. The molecular formula is C14H29NO2. The molecule has 0 amide bonds. The number of carbonyl (C=O) groups is 1. The summed E-state index contributed by atoms with van der Waals surface area (Å²) in [6, 6.07) is 0. The Balaban J connectivity index is 3.39. The number of likely N-dealkylation sites (N-methyl/N-ethyl adjacent to an activating group) is 1. The molecule has 0 spiro atoms. The quantitative estimate of drug-likeness (QED) is 0.553. The summed E-state index contributed by atoms with van der Waals surface area (Å²) in [5.74, 6) is 0.479. The van der Waals surface area contributed by atoms with Gasteiger partial charge in [0.05, 0.1) is 12.6 Å². The van der Waals surface area contributed by atoms with Crippen LogP contribution in [0.4, 0.5) is 0 Å². The van der Waals surface area contributed by atoms with Gasteiger partial charge < -0.3 is 4.74 Å². The van der Waals surface area contributed by atoms with Crippen molar-refractivity contribution in [2.45, 2.75) is 53.1 Å². The third-order valence-corrected chi connectivity index (χ3v) is 2.71. The number of nitrogens with zero attached hydrogens (tertiary/aromatic N) is 1. The number of carbonyl (C=O) groups excluding carboxylic acids is 1. The van der Waals surface area contributed by atoms with E-state index in [9.17, 15) is 4.79 Å². The van der Waals surface area contributed by atoms with Gasteiger partial charge in [-0.25, -0.2) is 0 Å². The van der Waals surface area contributed by atoms with E-state index in [4.69, 9.17) is 4.74 Å². The Hall–Kier alpha value is -0.410. The normalized spacial score (nSPS) is 11.8. The van der Waals surface area contributed by atoms with Gasteiger partial charge in [-0.05, 0) is 46.7 Å². The molecule has 0 radical (unpaired) electrons. The highest BCUT2D eigenvalue weighted by molar-refractivity contribution is 5.82. The fourth-order valence-electron chi connectivity index (χ4n) is 1.51. The highest BCUT2D eigenvalue weighted by Gasteiger charge is 2.09. The maximum atomic E-state index is 11.5. The topological polar surface area (TPSA) is 29.5 Å². The predicted octanol–water partition coefficient (Wildman–Crippen LogP) is 2.74. The minimum atomic E-state index is 0.150. The number of unbranched alkanes of at least 4 members (excludes halogenated alkanes) is 2. The molecule has 0 bridgehead atoms. The zero-order valence-electron chi connectivity index (χ0n) is 12.2. The van der Waals surface area contributed by atoms with E-state index in [1.54, 1.807) is 0 Å². The van der Waals surface area contributed by atoms with E-state index >= 15 is 0 Å². The van der Waals surface area contributed by atoms with Gasteiger partial charge in [0.15, 0.2) is 0 Å². The molecule has 0 saturated heterocycles. The molecule has 0 rings (SSSR count). The highest BCUT2D eigenvalue weighted by Crippen LogP contribution is 2.01. The average molecular weight is 243 g/mol. The molecule has 0 aromatic rings. The first-order valence-electron chi connectivity index (χ1n) is 6.76. The van der Waals surface area contributed by atoms with Crippen molar-refractivity contribution in [1.82, 2.24) is 4.90 Å². The van der Waals surface area contributed by atoms with E-state index in [1.807, 2.05) is 20.9 Å². The van der Waals surface area contributed by atoms with Crippen LogP contribution in [0.1, 0.15) is 47.0 Å². The molecule has 0 unspecified atom stereocenters. The smallest absolute Gasteiger partial charge is 0.149 e. The van der Waals surface area contributed by atoms with Gasteiger partial charge in [0.1, 0.15) is 5.78 Å². The summed E-state index contributed by atoms with van der Waals surface area (Å²) in [7, 11) is 2.02. The molecule has 3 nitrogen and oxygen atoms in total. The van der Waals surface area contributed by atoms with E-state index in [-0.39, 0.29) is 5.92 Å². The summed E-state index contributed by atoms with van der Waals surface area (Å²) in [6.07, 6.45) is 3.77. The van der Waals surface area contributed by atoms with Crippen molar-refractivity contribution in [3.05, 3.63) is 0 Å². The second-order valence-electron chi connectivity index (χ2n) is 5.34. The number of ether oxygens (including phenoxy) is 1. The van der Waals surface area contributed by atoms with E-state index < -0.39 is 0 Å². The first-order valence-corrected chi connectivity index (χ1v) is 6.76. The summed E-state index contributed by atoms with van der Waals surface area (Å²) in [5.41, 5.74) is 0. The molecule has 0 fully saturated rings. The molecule has 0 atom stereocenters. The zero-order valence-corrected chi connectivity index (χ0v) is 12.2. The summed E-state index contributed by atoms with van der Waals surface area (Å²) in [5, 5.41) is 0. The van der Waals surface area contributed by atoms with Crippen LogP contribution >= 0.6 is 0 Å². The lowest BCUT2D eigenvalue weighted by atomic mass is 10.1. The van der Waals surface area contributed by atoms with Gasteiger partial charge in [0.2, 0.25) is 0 Å². The van der Waals surface area contributed by atoms with Gasteiger partial charge in [-0.2, -0.15) is 0 Å². The molecule has 102 valence electrons. The third-order valence-electron chi connectivity index (χ3n) is 2.71. The number of rotatable bonds is 10. The van der Waals surface area contributed by atoms with E-state index in [2.05, 4.69) is 18.7 Å². The van der Waals surface area contributed by atoms with Crippen LogP contribution in [-0.4, -0.2) is 43.5 Å². The van der Waals surface area contributed by atoms with Crippen molar-refractivity contribution in [2.75, 3.05) is 26.7 Å².